The van der Waals surface area contributed by atoms with Gasteiger partial charge < -0.3 is 10.0 Å². The van der Waals surface area contributed by atoms with Crippen molar-refractivity contribution in [1.29, 1.82) is 0 Å². The van der Waals surface area contributed by atoms with Crippen LogP contribution in [-0.4, -0.2) is 39.1 Å². The number of carboxylic acids is 1. The van der Waals surface area contributed by atoms with Crippen LogP contribution in [-0.2, 0) is 9.59 Å². The molecule has 5 heteroatoms. The first-order chi connectivity index (χ1) is 7.61. The fourth-order valence-electron chi connectivity index (χ4n) is 2.43. The third-order valence-corrected chi connectivity index (χ3v) is 4.72. The zero-order valence-electron chi connectivity index (χ0n) is 9.39. The molecule has 2 fully saturated rings. The van der Waals surface area contributed by atoms with Crippen molar-refractivity contribution >= 4 is 23.6 Å². The zero-order chi connectivity index (χ0) is 11.7. The largest absolute Gasteiger partial charge is 0.480 e. The number of aliphatic carboxylic acids is 1. The van der Waals surface area contributed by atoms with Gasteiger partial charge in [0.25, 0.3) is 0 Å². The molecule has 2 heterocycles. The van der Waals surface area contributed by atoms with Crippen LogP contribution in [0.4, 0.5) is 0 Å². The van der Waals surface area contributed by atoms with E-state index in [9.17, 15) is 9.59 Å². The molecule has 0 saturated carbocycles. The number of hydrogen-bond acceptors (Lipinski definition) is 3. The summed E-state index contributed by atoms with van der Waals surface area (Å²) in [4.78, 5) is 24.9. The van der Waals surface area contributed by atoms with E-state index in [2.05, 4.69) is 0 Å². The molecule has 16 heavy (non-hydrogen) atoms. The first kappa shape index (κ1) is 11.8. The van der Waals surface area contributed by atoms with Crippen molar-refractivity contribution in [2.45, 2.75) is 44.0 Å². The predicted molar refractivity (Wildman–Crippen MR) is 62.1 cm³/mol. The molecule has 2 aliphatic heterocycles. The van der Waals surface area contributed by atoms with E-state index in [0.717, 1.165) is 25.0 Å². The number of amides is 1. The molecule has 0 aromatic heterocycles. The van der Waals surface area contributed by atoms with Gasteiger partial charge in [0.2, 0.25) is 5.91 Å². The van der Waals surface area contributed by atoms with Gasteiger partial charge >= 0.3 is 5.97 Å². The summed E-state index contributed by atoms with van der Waals surface area (Å²) in [6, 6.07) is -0.598. The Hall–Kier alpha value is -0.710. The highest BCUT2D eigenvalue weighted by Crippen LogP contribution is 2.35. The van der Waals surface area contributed by atoms with Gasteiger partial charge in [-0.15, -0.1) is 11.8 Å². The van der Waals surface area contributed by atoms with Crippen molar-refractivity contribution in [3.8, 4) is 0 Å². The average molecular weight is 243 g/mol. The highest BCUT2D eigenvalue weighted by molar-refractivity contribution is 7.99. The molecule has 2 aliphatic rings. The minimum Gasteiger partial charge on any atom is -0.480 e. The number of piperidine rings is 1. The van der Waals surface area contributed by atoms with Crippen molar-refractivity contribution in [1.82, 2.24) is 4.90 Å². The van der Waals surface area contributed by atoms with E-state index < -0.39 is 12.0 Å². The summed E-state index contributed by atoms with van der Waals surface area (Å²) in [5.74, 6) is 0.104. The van der Waals surface area contributed by atoms with Crippen LogP contribution in [0.1, 0.15) is 32.6 Å². The number of hydrogen-bond donors (Lipinski definition) is 1. The zero-order valence-corrected chi connectivity index (χ0v) is 10.2. The molecule has 90 valence electrons. The van der Waals surface area contributed by atoms with Crippen LogP contribution in [0.5, 0.6) is 0 Å². The molecular weight excluding hydrogens is 226 g/mol. The Morgan fingerprint density at radius 3 is 2.88 bits per heavy atom. The van der Waals surface area contributed by atoms with Gasteiger partial charge in [-0.25, -0.2) is 4.79 Å². The number of carboxylic acid groups (broad SMARTS) is 1. The number of thioether (sulfide) groups is 1. The first-order valence-electron chi connectivity index (χ1n) is 5.78. The minimum atomic E-state index is -0.854. The van der Waals surface area contributed by atoms with Gasteiger partial charge in [-0.05, 0) is 31.4 Å². The number of carbonyl (C=O) groups is 2. The summed E-state index contributed by atoms with van der Waals surface area (Å²) in [6.45, 7) is 1.90. The van der Waals surface area contributed by atoms with Crippen LogP contribution >= 0.6 is 11.8 Å². The number of carbonyl (C=O) groups excluding carboxylic acids is 1. The quantitative estimate of drug-likeness (QED) is 0.759. The first-order valence-corrected chi connectivity index (χ1v) is 6.82. The lowest BCUT2D eigenvalue weighted by Crippen LogP contribution is -2.52. The predicted octanol–water partition coefficient (Wildman–Crippen LogP) is 1.55. The molecular formula is C11H17NO3S. The van der Waals surface area contributed by atoms with Crippen molar-refractivity contribution in [3.63, 3.8) is 0 Å². The van der Waals surface area contributed by atoms with Gasteiger partial charge in [-0.1, -0.05) is 6.92 Å². The molecule has 1 amide bonds. The monoisotopic (exact) mass is 243 g/mol. The third-order valence-electron chi connectivity index (χ3n) is 3.40. The Morgan fingerprint density at radius 2 is 2.19 bits per heavy atom. The van der Waals surface area contributed by atoms with Crippen LogP contribution in [0.2, 0.25) is 0 Å². The Kier molecular flexibility index (Phi) is 3.42. The molecule has 1 N–H and O–H groups in total. The third kappa shape index (κ3) is 2.05. The molecule has 0 aromatic carbocycles. The van der Waals surface area contributed by atoms with E-state index in [-0.39, 0.29) is 17.2 Å². The number of nitrogens with zero attached hydrogens (tertiary/aromatic N) is 1. The molecule has 0 aromatic rings. The lowest BCUT2D eigenvalue weighted by Gasteiger charge is -2.39. The topological polar surface area (TPSA) is 57.6 Å². The van der Waals surface area contributed by atoms with Gasteiger partial charge in [0.15, 0.2) is 0 Å². The van der Waals surface area contributed by atoms with Crippen LogP contribution in [0.15, 0.2) is 0 Å². The van der Waals surface area contributed by atoms with Gasteiger partial charge in [0.05, 0.1) is 5.37 Å². The summed E-state index contributed by atoms with van der Waals surface area (Å²) >= 11 is 1.74. The molecule has 0 bridgehead atoms. The lowest BCUT2D eigenvalue weighted by molar-refractivity contribution is -0.154. The van der Waals surface area contributed by atoms with Crippen molar-refractivity contribution in [2.75, 3.05) is 5.75 Å². The van der Waals surface area contributed by atoms with E-state index in [1.165, 1.54) is 0 Å². The van der Waals surface area contributed by atoms with E-state index in [1.807, 2.05) is 6.92 Å². The second-order valence-electron chi connectivity index (χ2n) is 4.55. The van der Waals surface area contributed by atoms with Crippen LogP contribution in [0.3, 0.4) is 0 Å². The van der Waals surface area contributed by atoms with E-state index in [4.69, 9.17) is 5.11 Å². The Labute approximate surface area is 99.4 Å². The molecule has 0 aliphatic carbocycles. The Bertz CT molecular complexity index is 308. The second-order valence-corrected chi connectivity index (χ2v) is 5.83. The van der Waals surface area contributed by atoms with E-state index in [1.54, 1.807) is 16.7 Å². The summed E-state index contributed by atoms with van der Waals surface area (Å²) in [5.41, 5.74) is 0. The molecule has 2 rings (SSSR count). The lowest BCUT2D eigenvalue weighted by atomic mass is 9.98. The van der Waals surface area contributed by atoms with Gasteiger partial charge in [0, 0.05) is 5.92 Å². The SMILES string of the molecule is C[C@H]1CCSC2CCC[C@@H](C(=O)O)N2C1=O. The van der Waals surface area contributed by atoms with Gasteiger partial charge in [-0.3, -0.25) is 4.79 Å². The van der Waals surface area contributed by atoms with Gasteiger partial charge in [-0.2, -0.15) is 0 Å². The van der Waals surface area contributed by atoms with Crippen molar-refractivity contribution in [2.24, 2.45) is 5.92 Å². The highest BCUT2D eigenvalue weighted by atomic mass is 32.2. The average Bonchev–Trinajstić information content (AvgIpc) is 2.40. The minimum absolute atomic E-state index is 0.0297. The van der Waals surface area contributed by atoms with Crippen molar-refractivity contribution < 1.29 is 14.7 Å². The standard InChI is InChI=1S/C11H17NO3S/c1-7-5-6-16-9-4-2-3-8(11(14)15)12(9)10(7)13/h7-9H,2-6H2,1H3,(H,14,15)/t7-,8-,9?/m0/s1. The number of fused-ring (bicyclic) bond motifs is 1. The normalized spacial score (nSPS) is 35.4. The summed E-state index contributed by atoms with van der Waals surface area (Å²) in [6.07, 6.45) is 3.31. The van der Waals surface area contributed by atoms with E-state index >= 15 is 0 Å². The van der Waals surface area contributed by atoms with Crippen LogP contribution < -0.4 is 0 Å². The van der Waals surface area contributed by atoms with Crippen LogP contribution in [0.25, 0.3) is 0 Å². The fraction of sp³-hybridized carbons (Fsp3) is 0.818. The smallest absolute Gasteiger partial charge is 0.326 e. The molecule has 1 unspecified atom stereocenters. The Balaban J connectivity index is 2.25. The molecule has 0 radical (unpaired) electrons. The maximum atomic E-state index is 12.1. The molecule has 4 nitrogen and oxygen atoms in total. The summed E-state index contributed by atoms with van der Waals surface area (Å²) < 4.78 is 0. The van der Waals surface area contributed by atoms with Gasteiger partial charge in [0.1, 0.15) is 6.04 Å². The summed E-state index contributed by atoms with van der Waals surface area (Å²) in [5, 5.41) is 9.26. The van der Waals surface area contributed by atoms with Crippen LogP contribution in [0, 0.1) is 5.92 Å². The fourth-order valence-corrected chi connectivity index (χ4v) is 3.93. The molecule has 2 saturated heterocycles. The molecule has 3 atom stereocenters. The number of rotatable bonds is 1. The second kappa shape index (κ2) is 4.65. The summed E-state index contributed by atoms with van der Waals surface area (Å²) in [7, 11) is 0. The van der Waals surface area contributed by atoms with E-state index in [0.29, 0.717) is 6.42 Å². The maximum absolute atomic E-state index is 12.1. The maximum Gasteiger partial charge on any atom is 0.326 e. The highest BCUT2D eigenvalue weighted by Gasteiger charge is 2.41. The Morgan fingerprint density at radius 1 is 1.44 bits per heavy atom. The molecule has 0 spiro atoms. The van der Waals surface area contributed by atoms with Crippen molar-refractivity contribution in [3.05, 3.63) is 0 Å².